The number of hydrogen-bond acceptors (Lipinski definition) is 7. The van der Waals surface area contributed by atoms with Crippen molar-refractivity contribution in [1.82, 2.24) is 9.13 Å². The van der Waals surface area contributed by atoms with Crippen molar-refractivity contribution in [2.45, 2.75) is 32.9 Å². The highest BCUT2D eigenvalue weighted by molar-refractivity contribution is 7.07. The van der Waals surface area contributed by atoms with Gasteiger partial charge in [0, 0.05) is 34.7 Å². The van der Waals surface area contributed by atoms with Crippen LogP contribution in [0.25, 0.3) is 11.8 Å². The van der Waals surface area contributed by atoms with E-state index in [1.165, 1.54) is 28.0 Å². The first-order valence-corrected chi connectivity index (χ1v) is 13.3. The fraction of sp³-hybridized carbons (Fsp3) is 0.179. The minimum atomic E-state index is -0.815. The number of nitro groups is 1. The molecular formula is C28H23ClN4O5S. The molecule has 0 N–H and O–H groups in total. The van der Waals surface area contributed by atoms with Gasteiger partial charge < -0.3 is 9.30 Å². The molecule has 2 aromatic carbocycles. The maximum absolute atomic E-state index is 13.9. The Bertz CT molecular complexity index is 1820. The van der Waals surface area contributed by atoms with Crippen molar-refractivity contribution in [3.8, 4) is 5.69 Å². The summed E-state index contributed by atoms with van der Waals surface area (Å²) in [5.41, 5.74) is 2.35. The fourth-order valence-corrected chi connectivity index (χ4v) is 5.74. The Hall–Kier alpha value is -4.28. The Morgan fingerprint density at radius 2 is 1.87 bits per heavy atom. The minimum Gasteiger partial charge on any atom is -0.459 e. The molecule has 4 aromatic rings. The van der Waals surface area contributed by atoms with Gasteiger partial charge in [0.1, 0.15) is 6.04 Å². The zero-order valence-electron chi connectivity index (χ0n) is 21.2. The Kier molecular flexibility index (Phi) is 7.07. The van der Waals surface area contributed by atoms with Crippen LogP contribution >= 0.6 is 22.9 Å². The number of fused-ring (bicyclic) bond motifs is 1. The zero-order chi connectivity index (χ0) is 27.8. The molecule has 0 radical (unpaired) electrons. The lowest BCUT2D eigenvalue weighted by atomic mass is 9.96. The van der Waals surface area contributed by atoms with Gasteiger partial charge >= 0.3 is 5.97 Å². The summed E-state index contributed by atoms with van der Waals surface area (Å²) >= 11 is 7.77. The maximum atomic E-state index is 13.9. The summed E-state index contributed by atoms with van der Waals surface area (Å²) in [5.74, 6) is -0.558. The van der Waals surface area contributed by atoms with E-state index in [2.05, 4.69) is 4.99 Å². The number of benzene rings is 2. The van der Waals surface area contributed by atoms with E-state index >= 15 is 0 Å². The summed E-state index contributed by atoms with van der Waals surface area (Å²) in [7, 11) is 0. The fourth-order valence-electron chi connectivity index (χ4n) is 4.47. The van der Waals surface area contributed by atoms with Crippen molar-refractivity contribution < 1.29 is 14.5 Å². The Labute approximate surface area is 231 Å². The molecule has 1 aliphatic rings. The second kappa shape index (κ2) is 10.5. The lowest BCUT2D eigenvalue weighted by Crippen LogP contribution is -2.40. The molecule has 0 aliphatic carbocycles. The third-order valence-electron chi connectivity index (χ3n) is 6.18. The molecule has 11 heteroatoms. The van der Waals surface area contributed by atoms with Gasteiger partial charge in [0.2, 0.25) is 0 Å². The molecule has 0 spiro atoms. The van der Waals surface area contributed by atoms with E-state index in [1.807, 2.05) is 16.7 Å². The lowest BCUT2D eigenvalue weighted by molar-refractivity contribution is -0.384. The van der Waals surface area contributed by atoms with E-state index in [9.17, 15) is 19.7 Å². The first-order chi connectivity index (χ1) is 18.7. The molecule has 0 bridgehead atoms. The number of non-ortho nitro benzene ring substituents is 1. The van der Waals surface area contributed by atoms with Crippen LogP contribution in [0.5, 0.6) is 0 Å². The highest BCUT2D eigenvalue weighted by atomic mass is 35.5. The molecule has 5 rings (SSSR count). The molecule has 3 heterocycles. The average molecular weight is 563 g/mol. The number of nitrogens with zero attached hydrogens (tertiary/aromatic N) is 4. The van der Waals surface area contributed by atoms with Crippen LogP contribution < -0.4 is 14.9 Å². The van der Waals surface area contributed by atoms with Crippen LogP contribution in [0, 0.1) is 10.1 Å². The monoisotopic (exact) mass is 562 g/mol. The number of carbonyl (C=O) groups is 1. The van der Waals surface area contributed by atoms with Gasteiger partial charge in [0.05, 0.1) is 26.8 Å². The SMILES string of the molecule is CC1=C(C(=O)OC(C)C)C(c2ccccc2Cl)n2c(sc(=Cc3cccn3-c3ccc([N+](=O)[O-])cc3)c2=O)=N1. The Balaban J connectivity index is 1.67. The van der Waals surface area contributed by atoms with E-state index in [0.717, 1.165) is 0 Å². The van der Waals surface area contributed by atoms with Gasteiger partial charge in [-0.05, 0) is 62.7 Å². The first kappa shape index (κ1) is 26.3. The van der Waals surface area contributed by atoms with Gasteiger partial charge in [-0.2, -0.15) is 0 Å². The molecule has 198 valence electrons. The van der Waals surface area contributed by atoms with E-state index < -0.39 is 16.9 Å². The second-order valence-electron chi connectivity index (χ2n) is 9.13. The zero-order valence-corrected chi connectivity index (χ0v) is 22.8. The molecular weight excluding hydrogens is 540 g/mol. The number of ether oxygens (including phenoxy) is 1. The van der Waals surface area contributed by atoms with Gasteiger partial charge in [0.15, 0.2) is 4.80 Å². The molecule has 1 aliphatic heterocycles. The number of allylic oxidation sites excluding steroid dienone is 1. The average Bonchev–Trinajstić information content (AvgIpc) is 3.47. The molecule has 0 fully saturated rings. The number of carbonyl (C=O) groups excluding carboxylic acids is 1. The number of esters is 1. The summed E-state index contributed by atoms with van der Waals surface area (Å²) in [6.45, 7) is 5.23. The second-order valence-corrected chi connectivity index (χ2v) is 10.6. The predicted molar refractivity (Wildman–Crippen MR) is 149 cm³/mol. The Morgan fingerprint density at radius 3 is 2.54 bits per heavy atom. The summed E-state index contributed by atoms with van der Waals surface area (Å²) in [6, 6.07) is 16.1. The van der Waals surface area contributed by atoms with Gasteiger partial charge in [0.25, 0.3) is 11.2 Å². The molecule has 2 aromatic heterocycles. The third-order valence-corrected chi connectivity index (χ3v) is 7.51. The minimum absolute atomic E-state index is 0.0116. The highest BCUT2D eigenvalue weighted by Crippen LogP contribution is 2.34. The third kappa shape index (κ3) is 4.96. The molecule has 39 heavy (non-hydrogen) atoms. The van der Waals surface area contributed by atoms with Gasteiger partial charge in [-0.1, -0.05) is 41.1 Å². The van der Waals surface area contributed by atoms with Crippen molar-refractivity contribution in [3.05, 3.63) is 124 Å². The Morgan fingerprint density at radius 1 is 1.15 bits per heavy atom. The molecule has 0 amide bonds. The van der Waals surface area contributed by atoms with Crippen molar-refractivity contribution in [3.63, 3.8) is 0 Å². The normalized spacial score (nSPS) is 15.3. The topological polar surface area (TPSA) is 109 Å². The van der Waals surface area contributed by atoms with Crippen LogP contribution in [-0.2, 0) is 9.53 Å². The van der Waals surface area contributed by atoms with Gasteiger partial charge in [-0.25, -0.2) is 9.79 Å². The van der Waals surface area contributed by atoms with E-state index in [-0.39, 0.29) is 22.9 Å². The van der Waals surface area contributed by atoms with Crippen LogP contribution in [0.1, 0.15) is 38.1 Å². The van der Waals surface area contributed by atoms with Crippen LogP contribution in [0.2, 0.25) is 5.02 Å². The molecule has 9 nitrogen and oxygen atoms in total. The lowest BCUT2D eigenvalue weighted by Gasteiger charge is -2.26. The van der Waals surface area contributed by atoms with Crippen LogP contribution in [0.15, 0.2) is 87.9 Å². The van der Waals surface area contributed by atoms with E-state index in [0.29, 0.717) is 37.0 Å². The van der Waals surface area contributed by atoms with E-state index in [1.54, 1.807) is 69.4 Å². The number of thiazole rings is 1. The van der Waals surface area contributed by atoms with Crippen molar-refractivity contribution in [1.29, 1.82) is 0 Å². The predicted octanol–water partition coefficient (Wildman–Crippen LogP) is 4.54. The quantitative estimate of drug-likeness (QED) is 0.195. The molecule has 0 saturated carbocycles. The summed E-state index contributed by atoms with van der Waals surface area (Å²) in [4.78, 5) is 42.7. The van der Waals surface area contributed by atoms with Gasteiger partial charge in [-0.3, -0.25) is 19.5 Å². The number of hydrogen-bond donors (Lipinski definition) is 0. The molecule has 1 unspecified atom stereocenters. The smallest absolute Gasteiger partial charge is 0.338 e. The standard InChI is InChI=1S/C28H23ClN4O5S/c1-16(2)38-27(35)24-17(3)30-28-32(25(24)21-8-4-5-9-22(21)29)26(34)23(39-28)15-20-7-6-14-31(20)18-10-12-19(13-11-18)33(36)37/h4-16,25H,1-3H3. The van der Waals surface area contributed by atoms with Crippen molar-refractivity contribution >= 4 is 40.7 Å². The summed E-state index contributed by atoms with van der Waals surface area (Å²) < 4.78 is 9.23. The van der Waals surface area contributed by atoms with Crippen LogP contribution in [-0.4, -0.2) is 26.1 Å². The summed E-state index contributed by atoms with van der Waals surface area (Å²) in [5, 5.41) is 11.4. The maximum Gasteiger partial charge on any atom is 0.338 e. The van der Waals surface area contributed by atoms with Crippen LogP contribution in [0.3, 0.4) is 0 Å². The summed E-state index contributed by atoms with van der Waals surface area (Å²) in [6.07, 6.45) is 3.18. The highest BCUT2D eigenvalue weighted by Gasteiger charge is 2.34. The van der Waals surface area contributed by atoms with E-state index in [4.69, 9.17) is 16.3 Å². The number of rotatable bonds is 6. The number of halogens is 1. The largest absolute Gasteiger partial charge is 0.459 e. The number of aromatic nitrogens is 2. The molecule has 1 atom stereocenters. The van der Waals surface area contributed by atoms with Gasteiger partial charge in [-0.15, -0.1) is 0 Å². The van der Waals surface area contributed by atoms with Crippen molar-refractivity contribution in [2.75, 3.05) is 0 Å². The number of nitro benzene ring substituents is 1. The van der Waals surface area contributed by atoms with Crippen LogP contribution in [0.4, 0.5) is 5.69 Å². The first-order valence-electron chi connectivity index (χ1n) is 12.1. The molecule has 0 saturated heterocycles. The van der Waals surface area contributed by atoms with Crippen molar-refractivity contribution in [2.24, 2.45) is 4.99 Å².